The van der Waals surface area contributed by atoms with Gasteiger partial charge in [0.25, 0.3) is 0 Å². The van der Waals surface area contributed by atoms with Crippen LogP contribution in [0.3, 0.4) is 0 Å². The van der Waals surface area contributed by atoms with Gasteiger partial charge in [0.05, 0.1) is 12.0 Å². The molecule has 6 heteroatoms. The molecule has 0 aliphatic carbocycles. The normalized spacial score (nSPS) is 10.3. The van der Waals surface area contributed by atoms with E-state index in [0.29, 0.717) is 5.82 Å². The van der Waals surface area contributed by atoms with Crippen LogP contribution < -0.4 is 5.73 Å². The first-order chi connectivity index (χ1) is 9.16. The zero-order chi connectivity index (χ0) is 13.4. The summed E-state index contributed by atoms with van der Waals surface area (Å²) in [5.74, 6) is 0.645. The lowest BCUT2D eigenvalue weighted by molar-refractivity contribution is 0.893. The zero-order valence-corrected chi connectivity index (χ0v) is 12.1. The number of para-hydroxylation sites is 1. The van der Waals surface area contributed by atoms with Crippen molar-refractivity contribution in [1.29, 1.82) is 0 Å². The molecule has 104 valence electrons. The molecule has 0 unspecified atom stereocenters. The molecule has 0 aliphatic heterocycles. The van der Waals surface area contributed by atoms with E-state index in [2.05, 4.69) is 10.1 Å². The molecule has 0 amide bonds. The van der Waals surface area contributed by atoms with Crippen LogP contribution in [0.25, 0.3) is 17.1 Å². The average molecular weight is 290 g/mol. The van der Waals surface area contributed by atoms with Crippen molar-refractivity contribution >= 4 is 18.2 Å². The first-order valence-electron chi connectivity index (χ1n) is 6.05. The molecule has 2 heterocycles. The molecule has 3 aromatic rings. The van der Waals surface area contributed by atoms with E-state index in [4.69, 9.17) is 5.73 Å². The Hall–Kier alpha value is -2.27. The van der Waals surface area contributed by atoms with Gasteiger partial charge < -0.3 is 10.3 Å². The van der Waals surface area contributed by atoms with Crippen LogP contribution in [-0.4, -0.2) is 19.3 Å². The molecule has 0 aliphatic rings. The summed E-state index contributed by atoms with van der Waals surface area (Å²) in [6.07, 6.45) is 3.69. The van der Waals surface area contributed by atoms with Crippen molar-refractivity contribution < 1.29 is 0 Å². The molecule has 0 bridgehead atoms. The van der Waals surface area contributed by atoms with E-state index in [0.717, 1.165) is 22.6 Å². The van der Waals surface area contributed by atoms with Crippen molar-refractivity contribution in [3.05, 3.63) is 48.4 Å². The number of hydrogen-bond donors (Lipinski definition) is 1. The van der Waals surface area contributed by atoms with Gasteiger partial charge in [-0.15, -0.1) is 12.4 Å². The molecule has 2 aromatic heterocycles. The monoisotopic (exact) mass is 289 g/mol. The van der Waals surface area contributed by atoms with Gasteiger partial charge in [-0.05, 0) is 19.1 Å². The van der Waals surface area contributed by atoms with Crippen LogP contribution in [0.1, 0.15) is 5.56 Å². The first-order valence-corrected chi connectivity index (χ1v) is 6.05. The van der Waals surface area contributed by atoms with Crippen molar-refractivity contribution in [2.45, 2.75) is 6.92 Å². The molecule has 2 N–H and O–H groups in total. The summed E-state index contributed by atoms with van der Waals surface area (Å²) >= 11 is 0. The number of anilines is 1. The van der Waals surface area contributed by atoms with Gasteiger partial charge in [0.1, 0.15) is 17.2 Å². The van der Waals surface area contributed by atoms with Crippen molar-refractivity contribution in [3.8, 4) is 17.1 Å². The lowest BCUT2D eigenvalue weighted by Crippen LogP contribution is -2.01. The van der Waals surface area contributed by atoms with E-state index in [1.807, 2.05) is 55.1 Å². The molecular weight excluding hydrogens is 274 g/mol. The highest BCUT2D eigenvalue weighted by molar-refractivity contribution is 5.85. The summed E-state index contributed by atoms with van der Waals surface area (Å²) in [6.45, 7) is 1.96. The Morgan fingerprint density at radius 1 is 1.15 bits per heavy atom. The Kier molecular flexibility index (Phi) is 3.81. The fraction of sp³-hybridized carbons (Fsp3) is 0.143. The van der Waals surface area contributed by atoms with Crippen LogP contribution in [0.15, 0.2) is 42.9 Å². The van der Waals surface area contributed by atoms with Gasteiger partial charge in [-0.2, -0.15) is 5.10 Å². The second kappa shape index (κ2) is 5.38. The van der Waals surface area contributed by atoms with Gasteiger partial charge >= 0.3 is 0 Å². The quantitative estimate of drug-likeness (QED) is 0.789. The highest BCUT2D eigenvalue weighted by Gasteiger charge is 2.15. The van der Waals surface area contributed by atoms with Gasteiger partial charge in [0.15, 0.2) is 0 Å². The van der Waals surface area contributed by atoms with Crippen LogP contribution in [0, 0.1) is 6.92 Å². The van der Waals surface area contributed by atoms with Crippen LogP contribution in [0.2, 0.25) is 0 Å². The summed E-state index contributed by atoms with van der Waals surface area (Å²) < 4.78 is 3.64. The minimum atomic E-state index is 0. The molecule has 20 heavy (non-hydrogen) atoms. The topological polar surface area (TPSA) is 61.7 Å². The number of aromatic nitrogens is 4. The second-order valence-electron chi connectivity index (χ2n) is 4.53. The van der Waals surface area contributed by atoms with E-state index < -0.39 is 0 Å². The van der Waals surface area contributed by atoms with E-state index in [-0.39, 0.29) is 12.4 Å². The molecular formula is C14H16ClN5. The minimum Gasteiger partial charge on any atom is -0.383 e. The Morgan fingerprint density at radius 3 is 2.45 bits per heavy atom. The molecule has 0 saturated heterocycles. The maximum atomic E-state index is 6.15. The fourth-order valence-corrected chi connectivity index (χ4v) is 2.05. The van der Waals surface area contributed by atoms with E-state index in [1.54, 1.807) is 11.0 Å². The van der Waals surface area contributed by atoms with E-state index in [1.165, 1.54) is 0 Å². The number of rotatable bonds is 2. The highest BCUT2D eigenvalue weighted by atomic mass is 35.5. The number of nitrogen functional groups attached to an aromatic ring is 1. The van der Waals surface area contributed by atoms with Crippen LogP contribution in [0.4, 0.5) is 5.82 Å². The Balaban J connectivity index is 0.00000147. The maximum absolute atomic E-state index is 6.15. The average Bonchev–Trinajstić information content (AvgIpc) is 2.97. The minimum absolute atomic E-state index is 0. The summed E-state index contributed by atoms with van der Waals surface area (Å²) in [7, 11) is 1.93. The van der Waals surface area contributed by atoms with E-state index in [9.17, 15) is 0 Å². The number of nitrogens with zero attached hydrogens (tertiary/aromatic N) is 4. The standard InChI is InChI=1S/C14H15N5.ClH/c1-10-13(12-8-18(2)9-16-12)17-19(14(10)15)11-6-4-3-5-7-11;/h3-9H,15H2,1-2H3;1H. The summed E-state index contributed by atoms with van der Waals surface area (Å²) in [5, 5.41) is 4.58. The van der Waals surface area contributed by atoms with Crippen LogP contribution in [0.5, 0.6) is 0 Å². The molecule has 5 nitrogen and oxygen atoms in total. The largest absolute Gasteiger partial charge is 0.383 e. The molecule has 0 spiro atoms. The van der Waals surface area contributed by atoms with Gasteiger partial charge in [0.2, 0.25) is 0 Å². The number of nitrogens with two attached hydrogens (primary N) is 1. The molecule has 1 aromatic carbocycles. The number of halogens is 1. The summed E-state index contributed by atoms with van der Waals surface area (Å²) in [4.78, 5) is 4.33. The van der Waals surface area contributed by atoms with E-state index >= 15 is 0 Å². The van der Waals surface area contributed by atoms with Crippen molar-refractivity contribution in [3.63, 3.8) is 0 Å². The predicted octanol–water partition coefficient (Wildman–Crippen LogP) is 2.59. The van der Waals surface area contributed by atoms with Gasteiger partial charge in [-0.3, -0.25) is 0 Å². The van der Waals surface area contributed by atoms with Crippen LogP contribution >= 0.6 is 12.4 Å². The highest BCUT2D eigenvalue weighted by Crippen LogP contribution is 2.26. The molecule has 3 rings (SSSR count). The third-order valence-electron chi connectivity index (χ3n) is 3.12. The first kappa shape index (κ1) is 14.1. The molecule has 0 fully saturated rings. The lowest BCUT2D eigenvalue weighted by atomic mass is 10.2. The summed E-state index contributed by atoms with van der Waals surface area (Å²) in [5.41, 5.74) is 9.70. The van der Waals surface area contributed by atoms with Gasteiger partial charge in [-0.25, -0.2) is 9.67 Å². The van der Waals surface area contributed by atoms with Crippen LogP contribution in [-0.2, 0) is 7.05 Å². The Bertz CT molecular complexity index is 715. The number of aryl methyl sites for hydroxylation is 1. The van der Waals surface area contributed by atoms with Crippen molar-refractivity contribution in [1.82, 2.24) is 19.3 Å². The smallest absolute Gasteiger partial charge is 0.130 e. The third-order valence-corrected chi connectivity index (χ3v) is 3.12. The SMILES string of the molecule is Cc1c(-c2cn(C)cn2)nn(-c2ccccc2)c1N.Cl. The summed E-state index contributed by atoms with van der Waals surface area (Å²) in [6, 6.07) is 9.85. The molecule has 0 atom stereocenters. The zero-order valence-electron chi connectivity index (χ0n) is 11.3. The Morgan fingerprint density at radius 2 is 1.85 bits per heavy atom. The Labute approximate surface area is 123 Å². The third kappa shape index (κ3) is 2.28. The number of hydrogen-bond acceptors (Lipinski definition) is 3. The fourth-order valence-electron chi connectivity index (χ4n) is 2.05. The maximum Gasteiger partial charge on any atom is 0.130 e. The van der Waals surface area contributed by atoms with Crippen molar-refractivity contribution in [2.75, 3.05) is 5.73 Å². The number of benzene rings is 1. The van der Waals surface area contributed by atoms with Gasteiger partial charge in [-0.1, -0.05) is 18.2 Å². The lowest BCUT2D eigenvalue weighted by Gasteiger charge is -2.02. The second-order valence-corrected chi connectivity index (χ2v) is 4.53. The number of imidazole rings is 1. The van der Waals surface area contributed by atoms with Gasteiger partial charge in [0, 0.05) is 18.8 Å². The predicted molar refractivity (Wildman–Crippen MR) is 82.2 cm³/mol. The molecule has 0 radical (unpaired) electrons. The van der Waals surface area contributed by atoms with Crippen molar-refractivity contribution in [2.24, 2.45) is 7.05 Å². The molecule has 0 saturated carbocycles.